The molecule has 5 rings (SSSR count). The maximum Gasteiger partial charge on any atom is 0.270 e. The lowest BCUT2D eigenvalue weighted by molar-refractivity contribution is 0.415. The molecular weight excluding hydrogens is 388 g/mol. The fraction of sp³-hybridized carbons (Fsp3) is 0.0800. The van der Waals surface area contributed by atoms with E-state index in [0.29, 0.717) is 17.0 Å². The van der Waals surface area contributed by atoms with Crippen LogP contribution >= 0.6 is 0 Å². The molecule has 0 atom stereocenters. The summed E-state index contributed by atoms with van der Waals surface area (Å²) < 4.78 is 5.18. The number of nitrogens with one attached hydrogen (secondary N) is 2. The van der Waals surface area contributed by atoms with Gasteiger partial charge < -0.3 is 10.1 Å². The molecule has 0 aliphatic heterocycles. The van der Waals surface area contributed by atoms with Crippen molar-refractivity contribution in [3.63, 3.8) is 0 Å². The van der Waals surface area contributed by atoms with Crippen molar-refractivity contribution in [1.29, 1.82) is 5.26 Å². The average molecular weight is 406 g/mol. The number of nitriles is 1. The number of hydrogen-bond acceptors (Lipinski definition) is 5. The maximum absolute atomic E-state index is 12.5. The second kappa shape index (κ2) is 7.47. The third-order valence-electron chi connectivity index (χ3n) is 5.45. The molecule has 2 N–H and O–H groups in total. The molecule has 1 aliphatic rings. The summed E-state index contributed by atoms with van der Waals surface area (Å²) in [6, 6.07) is 23.5. The van der Waals surface area contributed by atoms with Gasteiger partial charge in [0.15, 0.2) is 0 Å². The molecule has 0 spiro atoms. The average Bonchev–Trinajstić information content (AvgIpc) is 3.16. The molecule has 6 nitrogen and oxygen atoms in total. The zero-order valence-electron chi connectivity index (χ0n) is 16.8. The summed E-state index contributed by atoms with van der Waals surface area (Å²) in [5, 5.41) is 12.7. The van der Waals surface area contributed by atoms with Crippen LogP contribution in [0, 0.1) is 11.3 Å². The van der Waals surface area contributed by atoms with Gasteiger partial charge in [0.1, 0.15) is 17.4 Å². The molecule has 150 valence electrons. The van der Waals surface area contributed by atoms with Gasteiger partial charge in [0.05, 0.1) is 12.8 Å². The van der Waals surface area contributed by atoms with Crippen LogP contribution in [0.5, 0.6) is 5.75 Å². The summed E-state index contributed by atoms with van der Waals surface area (Å²) in [6.07, 6.45) is 0.870. The molecule has 1 aliphatic carbocycles. The minimum atomic E-state index is -0.487. The first-order chi connectivity index (χ1) is 15.2. The van der Waals surface area contributed by atoms with E-state index < -0.39 is 5.56 Å². The second-order valence-corrected chi connectivity index (χ2v) is 7.31. The quantitative estimate of drug-likeness (QED) is 0.454. The highest BCUT2D eigenvalue weighted by atomic mass is 16.5. The van der Waals surface area contributed by atoms with Crippen LogP contribution in [0.15, 0.2) is 71.5 Å². The number of rotatable bonds is 4. The van der Waals surface area contributed by atoms with E-state index in [2.05, 4.69) is 45.6 Å². The van der Waals surface area contributed by atoms with Crippen LogP contribution < -0.4 is 15.6 Å². The second-order valence-electron chi connectivity index (χ2n) is 7.31. The molecule has 1 heterocycles. The highest BCUT2D eigenvalue weighted by Crippen LogP contribution is 2.38. The topological polar surface area (TPSA) is 90.8 Å². The van der Waals surface area contributed by atoms with Gasteiger partial charge in [0.25, 0.3) is 5.56 Å². The van der Waals surface area contributed by atoms with E-state index in [-0.39, 0.29) is 11.5 Å². The Morgan fingerprint density at radius 3 is 2.58 bits per heavy atom. The van der Waals surface area contributed by atoms with Gasteiger partial charge in [0.2, 0.25) is 5.95 Å². The first-order valence-electron chi connectivity index (χ1n) is 9.83. The molecule has 4 aromatic rings. The normalized spacial score (nSPS) is 11.4. The number of H-pyrrole nitrogens is 1. The summed E-state index contributed by atoms with van der Waals surface area (Å²) in [5.41, 5.74) is 6.30. The monoisotopic (exact) mass is 406 g/mol. The number of ether oxygens (including phenoxy) is 1. The summed E-state index contributed by atoms with van der Waals surface area (Å²) in [4.78, 5) is 19.7. The number of fused-ring (bicyclic) bond motifs is 3. The van der Waals surface area contributed by atoms with Crippen molar-refractivity contribution < 1.29 is 4.74 Å². The van der Waals surface area contributed by atoms with Crippen LogP contribution in [0.2, 0.25) is 0 Å². The Hall–Kier alpha value is -4.37. The van der Waals surface area contributed by atoms with Gasteiger partial charge >= 0.3 is 0 Å². The Morgan fingerprint density at radius 1 is 1.03 bits per heavy atom. The largest absolute Gasteiger partial charge is 0.497 e. The van der Waals surface area contributed by atoms with E-state index in [1.807, 2.05) is 18.2 Å². The Labute approximate surface area is 178 Å². The van der Waals surface area contributed by atoms with E-state index in [4.69, 9.17) is 4.74 Å². The van der Waals surface area contributed by atoms with E-state index in [0.717, 1.165) is 12.1 Å². The number of aromatic amines is 1. The predicted molar refractivity (Wildman–Crippen MR) is 120 cm³/mol. The van der Waals surface area contributed by atoms with Crippen molar-refractivity contribution in [2.75, 3.05) is 12.4 Å². The number of aromatic nitrogens is 2. The van der Waals surface area contributed by atoms with E-state index >= 15 is 0 Å². The molecule has 31 heavy (non-hydrogen) atoms. The van der Waals surface area contributed by atoms with Gasteiger partial charge in [-0.05, 0) is 65.1 Å². The molecule has 0 saturated carbocycles. The Balaban J connectivity index is 1.50. The van der Waals surface area contributed by atoms with Gasteiger partial charge in [-0.15, -0.1) is 0 Å². The standard InChI is InChI=1S/C25H18N4O2/c1-31-19-9-6-15(7-10-19)23-22(14-26)24(30)29-25(28-23)27-18-8-11-21-17(13-18)12-16-4-2-3-5-20(16)21/h2-11,13H,12H2,1H3,(H2,27,28,29,30). The highest BCUT2D eigenvalue weighted by molar-refractivity contribution is 5.79. The zero-order valence-corrected chi connectivity index (χ0v) is 16.8. The van der Waals surface area contributed by atoms with Crippen molar-refractivity contribution in [3.8, 4) is 34.2 Å². The lowest BCUT2D eigenvalue weighted by atomic mass is 10.1. The molecular formula is C25H18N4O2. The summed E-state index contributed by atoms with van der Waals surface area (Å²) in [6.45, 7) is 0. The van der Waals surface area contributed by atoms with Crippen LogP contribution in [0.4, 0.5) is 11.6 Å². The molecule has 1 aromatic heterocycles. The van der Waals surface area contributed by atoms with Crippen LogP contribution in [0.1, 0.15) is 16.7 Å². The predicted octanol–water partition coefficient (Wildman–Crippen LogP) is 4.63. The van der Waals surface area contributed by atoms with Crippen molar-refractivity contribution in [1.82, 2.24) is 9.97 Å². The van der Waals surface area contributed by atoms with Crippen LogP contribution in [-0.4, -0.2) is 17.1 Å². The minimum absolute atomic E-state index is 0.0277. The molecule has 0 saturated heterocycles. The number of methoxy groups -OCH3 is 1. The Bertz CT molecular complexity index is 1400. The van der Waals surface area contributed by atoms with Gasteiger partial charge in [0, 0.05) is 11.3 Å². The number of hydrogen-bond donors (Lipinski definition) is 2. The molecule has 0 fully saturated rings. The van der Waals surface area contributed by atoms with Crippen LogP contribution in [-0.2, 0) is 6.42 Å². The van der Waals surface area contributed by atoms with Gasteiger partial charge in [-0.1, -0.05) is 30.3 Å². The minimum Gasteiger partial charge on any atom is -0.497 e. The third-order valence-corrected chi connectivity index (χ3v) is 5.45. The molecule has 3 aromatic carbocycles. The number of anilines is 2. The third kappa shape index (κ3) is 3.32. The Kier molecular flexibility index (Phi) is 4.49. The molecule has 0 unspecified atom stereocenters. The molecule has 0 bridgehead atoms. The van der Waals surface area contributed by atoms with Gasteiger partial charge in [-0.25, -0.2) is 4.98 Å². The number of benzene rings is 3. The SMILES string of the molecule is COc1ccc(-c2nc(Nc3ccc4c(c3)Cc3ccccc3-4)[nH]c(=O)c2C#N)cc1. The summed E-state index contributed by atoms with van der Waals surface area (Å²) >= 11 is 0. The van der Waals surface area contributed by atoms with Crippen LogP contribution in [0.25, 0.3) is 22.4 Å². The van der Waals surface area contributed by atoms with E-state index in [1.165, 1.54) is 22.3 Å². The molecule has 6 heteroatoms. The fourth-order valence-corrected chi connectivity index (χ4v) is 3.95. The van der Waals surface area contributed by atoms with Crippen molar-refractivity contribution in [2.45, 2.75) is 6.42 Å². The first kappa shape index (κ1) is 18.6. The smallest absolute Gasteiger partial charge is 0.270 e. The van der Waals surface area contributed by atoms with Crippen LogP contribution in [0.3, 0.4) is 0 Å². The van der Waals surface area contributed by atoms with E-state index in [1.54, 1.807) is 31.4 Å². The lowest BCUT2D eigenvalue weighted by Gasteiger charge is -2.10. The highest BCUT2D eigenvalue weighted by Gasteiger charge is 2.18. The summed E-state index contributed by atoms with van der Waals surface area (Å²) in [7, 11) is 1.58. The van der Waals surface area contributed by atoms with Gasteiger partial charge in [-0.3, -0.25) is 9.78 Å². The lowest BCUT2D eigenvalue weighted by Crippen LogP contribution is -2.16. The van der Waals surface area contributed by atoms with Crippen molar-refractivity contribution in [3.05, 3.63) is 93.8 Å². The maximum atomic E-state index is 12.5. The zero-order chi connectivity index (χ0) is 21.4. The van der Waals surface area contributed by atoms with Gasteiger partial charge in [-0.2, -0.15) is 5.26 Å². The van der Waals surface area contributed by atoms with Crippen molar-refractivity contribution >= 4 is 11.6 Å². The first-order valence-corrected chi connectivity index (χ1v) is 9.83. The molecule has 0 radical (unpaired) electrons. The fourth-order valence-electron chi connectivity index (χ4n) is 3.95. The summed E-state index contributed by atoms with van der Waals surface area (Å²) in [5.74, 6) is 0.967. The van der Waals surface area contributed by atoms with E-state index in [9.17, 15) is 10.1 Å². The van der Waals surface area contributed by atoms with Crippen molar-refractivity contribution in [2.24, 2.45) is 0 Å². The molecule has 0 amide bonds. The number of nitrogens with zero attached hydrogens (tertiary/aromatic N) is 2. The Morgan fingerprint density at radius 2 is 1.81 bits per heavy atom.